The third-order valence-electron chi connectivity index (χ3n) is 2.12. The minimum atomic E-state index is -4.45. The van der Waals surface area contributed by atoms with Gasteiger partial charge in [-0.05, 0) is 6.07 Å². The lowest BCUT2D eigenvalue weighted by molar-refractivity contribution is -0.152. The van der Waals surface area contributed by atoms with Crippen molar-refractivity contribution in [1.29, 1.82) is 0 Å². The molecule has 2 rings (SSSR count). The van der Waals surface area contributed by atoms with Gasteiger partial charge in [-0.25, -0.2) is 0 Å². The number of hydrogen-bond acceptors (Lipinski definition) is 2. The van der Waals surface area contributed by atoms with Gasteiger partial charge in [0.1, 0.15) is 5.58 Å². The Morgan fingerprint density at radius 1 is 1.27 bits per heavy atom. The second-order valence-electron chi connectivity index (χ2n) is 3.15. The normalized spacial score (nSPS) is 12.3. The van der Waals surface area contributed by atoms with E-state index in [4.69, 9.17) is 10.2 Å². The smallest absolute Gasteiger partial charge is 0.449 e. The van der Waals surface area contributed by atoms with Gasteiger partial charge in [0.2, 0.25) is 5.76 Å². The van der Waals surface area contributed by atoms with E-state index in [0.717, 1.165) is 6.07 Å². The first-order valence-corrected chi connectivity index (χ1v) is 4.31. The Balaban J connectivity index is 2.65. The summed E-state index contributed by atoms with van der Waals surface area (Å²) in [5.41, 5.74) is 6.18. The summed E-state index contributed by atoms with van der Waals surface area (Å²) in [6, 6.07) is 5.84. The molecule has 0 amide bonds. The topological polar surface area (TPSA) is 39.2 Å². The molecule has 1 heterocycles. The molecule has 0 spiro atoms. The number of halogens is 3. The molecule has 2 N–H and O–H groups in total. The Kier molecular flexibility index (Phi) is 2.19. The fourth-order valence-corrected chi connectivity index (χ4v) is 1.42. The first-order chi connectivity index (χ1) is 7.02. The highest BCUT2D eigenvalue weighted by molar-refractivity contribution is 5.81. The van der Waals surface area contributed by atoms with E-state index in [-0.39, 0.29) is 12.1 Å². The molecular weight excluding hydrogens is 207 g/mol. The molecule has 1 aromatic carbocycles. The number of fused-ring (bicyclic) bond motifs is 1. The number of para-hydroxylation sites is 1. The molecule has 0 radical (unpaired) electrons. The Labute approximate surface area is 83.5 Å². The minimum absolute atomic E-state index is 0.155. The van der Waals surface area contributed by atoms with Gasteiger partial charge in [0.15, 0.2) is 0 Å². The van der Waals surface area contributed by atoms with Gasteiger partial charge in [0.05, 0.1) is 0 Å². The second-order valence-corrected chi connectivity index (χ2v) is 3.15. The molecule has 0 aliphatic carbocycles. The summed E-state index contributed by atoms with van der Waals surface area (Å²) in [5.74, 6) is -0.988. The van der Waals surface area contributed by atoms with E-state index in [9.17, 15) is 13.2 Å². The largest absolute Gasteiger partial charge is 0.451 e. The van der Waals surface area contributed by atoms with E-state index in [1.807, 2.05) is 0 Å². The molecule has 0 aliphatic heterocycles. The van der Waals surface area contributed by atoms with Crippen LogP contribution >= 0.6 is 0 Å². The number of furan rings is 1. The maximum absolute atomic E-state index is 12.3. The molecule has 0 fully saturated rings. The Morgan fingerprint density at radius 2 is 2.00 bits per heavy atom. The van der Waals surface area contributed by atoms with Crippen LogP contribution < -0.4 is 5.73 Å². The first kappa shape index (κ1) is 10.0. The summed E-state index contributed by atoms with van der Waals surface area (Å²) in [4.78, 5) is 0. The molecule has 0 saturated heterocycles. The molecule has 0 atom stereocenters. The van der Waals surface area contributed by atoms with Gasteiger partial charge >= 0.3 is 6.18 Å². The molecule has 0 aliphatic rings. The van der Waals surface area contributed by atoms with Crippen LogP contribution in [-0.2, 0) is 12.7 Å². The molecule has 0 unspecified atom stereocenters. The Morgan fingerprint density at radius 3 is 2.60 bits per heavy atom. The van der Waals surface area contributed by atoms with Crippen LogP contribution in [0.4, 0.5) is 13.2 Å². The van der Waals surface area contributed by atoms with Crippen LogP contribution in [0.5, 0.6) is 0 Å². The number of alkyl halides is 3. The highest BCUT2D eigenvalue weighted by atomic mass is 19.4. The molecule has 5 heteroatoms. The fraction of sp³-hybridized carbons (Fsp3) is 0.200. The zero-order chi connectivity index (χ0) is 11.1. The quantitative estimate of drug-likeness (QED) is 0.794. The zero-order valence-electron chi connectivity index (χ0n) is 7.64. The summed E-state index contributed by atoms with van der Waals surface area (Å²) in [5, 5.41) is 0.422. The standard InChI is InChI=1S/C10H8F3NO/c11-10(12,13)8-4-6-2-1-3-7(5-14)9(6)15-8/h1-4H,5,14H2. The van der Waals surface area contributed by atoms with E-state index in [1.54, 1.807) is 18.2 Å². The number of hydrogen-bond donors (Lipinski definition) is 1. The third kappa shape index (κ3) is 1.70. The van der Waals surface area contributed by atoms with Crippen LogP contribution in [0.25, 0.3) is 11.0 Å². The van der Waals surface area contributed by atoms with Gasteiger partial charge < -0.3 is 10.2 Å². The van der Waals surface area contributed by atoms with Crippen molar-refractivity contribution < 1.29 is 17.6 Å². The van der Waals surface area contributed by atoms with Crippen LogP contribution in [0.1, 0.15) is 11.3 Å². The predicted octanol–water partition coefficient (Wildman–Crippen LogP) is 2.91. The highest BCUT2D eigenvalue weighted by Crippen LogP contribution is 2.34. The molecule has 2 nitrogen and oxygen atoms in total. The highest BCUT2D eigenvalue weighted by Gasteiger charge is 2.35. The summed E-state index contributed by atoms with van der Waals surface area (Å²) in [6.45, 7) is 0.155. The Bertz CT molecular complexity index is 487. The van der Waals surface area contributed by atoms with E-state index in [2.05, 4.69) is 0 Å². The average molecular weight is 215 g/mol. The van der Waals surface area contributed by atoms with Crippen molar-refractivity contribution in [2.24, 2.45) is 5.73 Å². The summed E-state index contributed by atoms with van der Waals surface area (Å²) < 4.78 is 41.8. The van der Waals surface area contributed by atoms with Crippen molar-refractivity contribution in [1.82, 2.24) is 0 Å². The SMILES string of the molecule is NCc1cccc2cc(C(F)(F)F)oc12. The molecular formula is C10H8F3NO. The molecule has 0 bridgehead atoms. The molecule has 2 aromatic rings. The summed E-state index contributed by atoms with van der Waals surface area (Å²) in [7, 11) is 0. The minimum Gasteiger partial charge on any atom is -0.451 e. The van der Waals surface area contributed by atoms with Crippen LogP contribution in [0, 0.1) is 0 Å². The second kappa shape index (κ2) is 3.27. The van der Waals surface area contributed by atoms with Crippen molar-refractivity contribution in [3.63, 3.8) is 0 Å². The maximum Gasteiger partial charge on any atom is 0.449 e. The molecule has 1 aromatic heterocycles. The van der Waals surface area contributed by atoms with Gasteiger partial charge in [0.25, 0.3) is 0 Å². The van der Waals surface area contributed by atoms with Crippen LogP contribution in [0.15, 0.2) is 28.7 Å². The van der Waals surface area contributed by atoms with Crippen molar-refractivity contribution in [2.75, 3.05) is 0 Å². The zero-order valence-corrected chi connectivity index (χ0v) is 7.64. The molecule has 15 heavy (non-hydrogen) atoms. The summed E-state index contributed by atoms with van der Waals surface area (Å²) in [6.07, 6.45) is -4.45. The van der Waals surface area contributed by atoms with E-state index >= 15 is 0 Å². The number of nitrogens with two attached hydrogens (primary N) is 1. The summed E-state index contributed by atoms with van der Waals surface area (Å²) >= 11 is 0. The van der Waals surface area contributed by atoms with E-state index in [0.29, 0.717) is 10.9 Å². The Hall–Kier alpha value is -1.49. The number of rotatable bonds is 1. The van der Waals surface area contributed by atoms with Gasteiger partial charge in [-0.15, -0.1) is 0 Å². The predicted molar refractivity (Wildman–Crippen MR) is 49.1 cm³/mol. The van der Waals surface area contributed by atoms with Crippen molar-refractivity contribution >= 4 is 11.0 Å². The third-order valence-corrected chi connectivity index (χ3v) is 2.12. The van der Waals surface area contributed by atoms with Gasteiger partial charge in [-0.2, -0.15) is 13.2 Å². The monoisotopic (exact) mass is 215 g/mol. The van der Waals surface area contributed by atoms with Crippen LogP contribution in [0.2, 0.25) is 0 Å². The maximum atomic E-state index is 12.3. The van der Waals surface area contributed by atoms with E-state index in [1.165, 1.54) is 0 Å². The first-order valence-electron chi connectivity index (χ1n) is 4.31. The van der Waals surface area contributed by atoms with Crippen LogP contribution in [0.3, 0.4) is 0 Å². The molecule has 0 saturated carbocycles. The van der Waals surface area contributed by atoms with Crippen molar-refractivity contribution in [2.45, 2.75) is 12.7 Å². The van der Waals surface area contributed by atoms with Crippen molar-refractivity contribution in [3.05, 3.63) is 35.6 Å². The lowest BCUT2D eigenvalue weighted by Gasteiger charge is -2.00. The number of benzene rings is 1. The fourth-order valence-electron chi connectivity index (χ4n) is 1.42. The average Bonchev–Trinajstić information content (AvgIpc) is 2.59. The van der Waals surface area contributed by atoms with Crippen LogP contribution in [-0.4, -0.2) is 0 Å². The lowest BCUT2D eigenvalue weighted by Crippen LogP contribution is -2.02. The lowest BCUT2D eigenvalue weighted by atomic mass is 10.1. The van der Waals surface area contributed by atoms with Gasteiger partial charge in [-0.1, -0.05) is 18.2 Å². The molecule has 80 valence electrons. The van der Waals surface area contributed by atoms with Gasteiger partial charge in [-0.3, -0.25) is 0 Å². The van der Waals surface area contributed by atoms with Gasteiger partial charge in [0, 0.05) is 17.5 Å². The van der Waals surface area contributed by atoms with E-state index < -0.39 is 11.9 Å². The van der Waals surface area contributed by atoms with Crippen molar-refractivity contribution in [3.8, 4) is 0 Å².